The number of benzene rings is 1. The van der Waals surface area contributed by atoms with E-state index in [0.717, 1.165) is 15.8 Å². The highest BCUT2D eigenvalue weighted by Gasteiger charge is 2.20. The fourth-order valence-electron chi connectivity index (χ4n) is 2.99. The standard InChI is InChI=1S/C19H16FN3O2S/c1-11-18(12(2)25-22-11)21-19(24)16-9-17-15(6-7-26-17)23(16)10-13-4-3-5-14(20)8-13/h3-9H,10H2,1-2H3,(H,21,24). The van der Waals surface area contributed by atoms with Gasteiger partial charge in [-0.05, 0) is 49.1 Å². The predicted molar refractivity (Wildman–Crippen MR) is 99.2 cm³/mol. The number of nitrogens with zero attached hydrogens (tertiary/aromatic N) is 2. The Morgan fingerprint density at radius 3 is 2.88 bits per heavy atom. The molecule has 0 fully saturated rings. The first-order valence-corrected chi connectivity index (χ1v) is 8.96. The summed E-state index contributed by atoms with van der Waals surface area (Å²) in [4.78, 5) is 12.9. The maximum atomic E-state index is 13.5. The molecule has 4 aromatic rings. The molecule has 26 heavy (non-hydrogen) atoms. The van der Waals surface area contributed by atoms with Gasteiger partial charge in [0.1, 0.15) is 22.9 Å². The van der Waals surface area contributed by atoms with Crippen molar-refractivity contribution in [3.05, 3.63) is 70.3 Å². The summed E-state index contributed by atoms with van der Waals surface area (Å²) in [6.07, 6.45) is 0. The summed E-state index contributed by atoms with van der Waals surface area (Å²) in [5, 5.41) is 8.71. The number of fused-ring (bicyclic) bond motifs is 1. The van der Waals surface area contributed by atoms with Crippen LogP contribution in [-0.4, -0.2) is 15.6 Å². The van der Waals surface area contributed by atoms with Gasteiger partial charge in [0.05, 0.1) is 10.2 Å². The van der Waals surface area contributed by atoms with Crippen LogP contribution < -0.4 is 5.32 Å². The Kier molecular flexibility index (Phi) is 4.08. The van der Waals surface area contributed by atoms with Crippen LogP contribution in [0.5, 0.6) is 0 Å². The van der Waals surface area contributed by atoms with E-state index in [1.807, 2.05) is 28.1 Å². The minimum atomic E-state index is -0.294. The Morgan fingerprint density at radius 2 is 2.15 bits per heavy atom. The quantitative estimate of drug-likeness (QED) is 0.565. The summed E-state index contributed by atoms with van der Waals surface area (Å²) in [6, 6.07) is 10.2. The number of halogens is 1. The molecule has 0 aliphatic rings. The lowest BCUT2D eigenvalue weighted by Crippen LogP contribution is -2.18. The van der Waals surface area contributed by atoms with Gasteiger partial charge < -0.3 is 14.4 Å². The number of aryl methyl sites for hydroxylation is 2. The molecule has 7 heteroatoms. The lowest BCUT2D eigenvalue weighted by Gasteiger charge is -2.11. The molecule has 0 aliphatic carbocycles. The summed E-state index contributed by atoms with van der Waals surface area (Å²) in [5.41, 5.74) is 3.46. The number of hydrogen-bond acceptors (Lipinski definition) is 4. The molecule has 0 bridgehead atoms. The van der Waals surface area contributed by atoms with Crippen LogP contribution in [-0.2, 0) is 6.54 Å². The van der Waals surface area contributed by atoms with E-state index < -0.39 is 0 Å². The Labute approximate surface area is 153 Å². The van der Waals surface area contributed by atoms with E-state index in [-0.39, 0.29) is 11.7 Å². The van der Waals surface area contributed by atoms with E-state index in [2.05, 4.69) is 10.5 Å². The highest BCUT2D eigenvalue weighted by Crippen LogP contribution is 2.28. The van der Waals surface area contributed by atoms with Gasteiger partial charge in [0.2, 0.25) is 0 Å². The van der Waals surface area contributed by atoms with Crippen molar-refractivity contribution in [2.75, 3.05) is 5.32 Å². The molecule has 1 N–H and O–H groups in total. The fraction of sp³-hybridized carbons (Fsp3) is 0.158. The smallest absolute Gasteiger partial charge is 0.272 e. The Balaban J connectivity index is 1.73. The summed E-state index contributed by atoms with van der Waals surface area (Å²) >= 11 is 1.56. The van der Waals surface area contributed by atoms with Gasteiger partial charge in [0.15, 0.2) is 5.76 Å². The van der Waals surface area contributed by atoms with Crippen molar-refractivity contribution in [1.82, 2.24) is 9.72 Å². The number of rotatable bonds is 4. The van der Waals surface area contributed by atoms with Crippen molar-refractivity contribution in [1.29, 1.82) is 0 Å². The Bertz CT molecular complexity index is 1090. The third-order valence-corrected chi connectivity index (χ3v) is 5.11. The molecule has 1 aromatic carbocycles. The van der Waals surface area contributed by atoms with Crippen LogP contribution in [0.2, 0.25) is 0 Å². The van der Waals surface area contributed by atoms with Crippen LogP contribution in [0.15, 0.2) is 46.3 Å². The molecule has 0 saturated carbocycles. The van der Waals surface area contributed by atoms with Gasteiger partial charge in [-0.15, -0.1) is 11.3 Å². The van der Waals surface area contributed by atoms with E-state index >= 15 is 0 Å². The van der Waals surface area contributed by atoms with E-state index in [9.17, 15) is 9.18 Å². The molecule has 132 valence electrons. The molecular weight excluding hydrogens is 353 g/mol. The zero-order valence-corrected chi connectivity index (χ0v) is 15.1. The third kappa shape index (κ3) is 2.90. The number of carbonyl (C=O) groups is 1. The summed E-state index contributed by atoms with van der Waals surface area (Å²) in [5.74, 6) is 0.0121. The van der Waals surface area contributed by atoms with E-state index in [0.29, 0.717) is 29.4 Å². The normalized spacial score (nSPS) is 11.2. The van der Waals surface area contributed by atoms with Crippen LogP contribution in [0.1, 0.15) is 27.5 Å². The van der Waals surface area contributed by atoms with Crippen LogP contribution in [0.4, 0.5) is 10.1 Å². The number of hydrogen-bond donors (Lipinski definition) is 1. The zero-order chi connectivity index (χ0) is 18.3. The average Bonchev–Trinajstić information content (AvgIpc) is 3.27. The van der Waals surface area contributed by atoms with Crippen LogP contribution in [0.25, 0.3) is 10.2 Å². The van der Waals surface area contributed by atoms with E-state index in [1.165, 1.54) is 12.1 Å². The topological polar surface area (TPSA) is 60.1 Å². The number of anilines is 1. The second kappa shape index (κ2) is 6.42. The first kappa shape index (κ1) is 16.5. The molecule has 0 radical (unpaired) electrons. The maximum absolute atomic E-state index is 13.5. The van der Waals surface area contributed by atoms with Crippen LogP contribution in [0, 0.1) is 19.7 Å². The minimum absolute atomic E-state index is 0.251. The number of amides is 1. The van der Waals surface area contributed by atoms with E-state index in [4.69, 9.17) is 4.52 Å². The SMILES string of the molecule is Cc1noc(C)c1NC(=O)c1cc2sccc2n1Cc1cccc(F)c1. The van der Waals surface area contributed by atoms with Crippen molar-refractivity contribution in [2.24, 2.45) is 0 Å². The molecule has 4 rings (SSSR count). The Morgan fingerprint density at radius 1 is 1.31 bits per heavy atom. The average molecular weight is 369 g/mol. The lowest BCUT2D eigenvalue weighted by atomic mass is 10.2. The van der Waals surface area contributed by atoms with Crippen molar-refractivity contribution < 1.29 is 13.7 Å². The first-order valence-electron chi connectivity index (χ1n) is 8.08. The Hall–Kier alpha value is -2.93. The monoisotopic (exact) mass is 369 g/mol. The molecule has 5 nitrogen and oxygen atoms in total. The molecular formula is C19H16FN3O2S. The number of aromatic nitrogens is 2. The summed E-state index contributed by atoms with van der Waals surface area (Å²) < 4.78 is 21.6. The number of nitrogens with one attached hydrogen (secondary N) is 1. The second-order valence-electron chi connectivity index (χ2n) is 6.07. The fourth-order valence-corrected chi connectivity index (χ4v) is 3.81. The van der Waals surface area contributed by atoms with Crippen LogP contribution in [0.3, 0.4) is 0 Å². The second-order valence-corrected chi connectivity index (χ2v) is 7.02. The molecule has 3 aromatic heterocycles. The summed E-state index contributed by atoms with van der Waals surface area (Å²) in [7, 11) is 0. The molecule has 1 amide bonds. The van der Waals surface area contributed by atoms with Gasteiger partial charge in [-0.3, -0.25) is 4.79 Å². The van der Waals surface area contributed by atoms with Crippen molar-refractivity contribution >= 4 is 33.1 Å². The van der Waals surface area contributed by atoms with Gasteiger partial charge in [0, 0.05) is 6.54 Å². The molecule has 0 aliphatic heterocycles. The third-order valence-electron chi connectivity index (χ3n) is 4.26. The summed E-state index contributed by atoms with van der Waals surface area (Å²) in [6.45, 7) is 3.93. The highest BCUT2D eigenvalue weighted by atomic mass is 32.1. The molecule has 0 unspecified atom stereocenters. The van der Waals surface area contributed by atoms with Gasteiger partial charge in [-0.1, -0.05) is 17.3 Å². The van der Waals surface area contributed by atoms with Gasteiger partial charge >= 0.3 is 0 Å². The number of thiophene rings is 1. The van der Waals surface area contributed by atoms with Crippen molar-refractivity contribution in [3.63, 3.8) is 0 Å². The van der Waals surface area contributed by atoms with Crippen molar-refractivity contribution in [2.45, 2.75) is 20.4 Å². The molecule has 0 saturated heterocycles. The maximum Gasteiger partial charge on any atom is 0.272 e. The van der Waals surface area contributed by atoms with Crippen molar-refractivity contribution in [3.8, 4) is 0 Å². The predicted octanol–water partition coefficient (Wildman–Crippen LogP) is 4.75. The zero-order valence-electron chi connectivity index (χ0n) is 14.2. The highest BCUT2D eigenvalue weighted by molar-refractivity contribution is 7.17. The first-order chi connectivity index (χ1) is 12.5. The molecule has 0 atom stereocenters. The molecule has 0 spiro atoms. The van der Waals surface area contributed by atoms with Gasteiger partial charge in [-0.25, -0.2) is 4.39 Å². The lowest BCUT2D eigenvalue weighted by molar-refractivity contribution is 0.101. The van der Waals surface area contributed by atoms with Gasteiger partial charge in [0.25, 0.3) is 5.91 Å². The minimum Gasteiger partial charge on any atom is -0.359 e. The van der Waals surface area contributed by atoms with E-state index in [1.54, 1.807) is 31.3 Å². The van der Waals surface area contributed by atoms with Crippen LogP contribution >= 0.6 is 11.3 Å². The molecule has 3 heterocycles. The van der Waals surface area contributed by atoms with Gasteiger partial charge in [-0.2, -0.15) is 0 Å². The largest absolute Gasteiger partial charge is 0.359 e. The number of carbonyl (C=O) groups excluding carboxylic acids is 1.